The molecule has 0 radical (unpaired) electrons. The van der Waals surface area contributed by atoms with Gasteiger partial charge < -0.3 is 14.5 Å². The minimum atomic E-state index is -0.597. The van der Waals surface area contributed by atoms with Gasteiger partial charge in [-0.3, -0.25) is 4.79 Å². The number of amides is 2. The van der Waals surface area contributed by atoms with Crippen LogP contribution in [0, 0.1) is 11.8 Å². The van der Waals surface area contributed by atoms with Crippen molar-refractivity contribution in [3.8, 4) is 0 Å². The van der Waals surface area contributed by atoms with E-state index in [0.29, 0.717) is 0 Å². The number of piperidine rings is 2. The number of hydrazine groups is 1. The molecule has 0 spiro atoms. The highest BCUT2D eigenvalue weighted by atomic mass is 16.6. The molecule has 0 aromatic heterocycles. The Labute approximate surface area is 170 Å². The molecule has 0 bridgehead atoms. The predicted molar refractivity (Wildman–Crippen MR) is 111 cm³/mol. The van der Waals surface area contributed by atoms with Crippen LogP contribution in [-0.2, 0) is 9.53 Å². The van der Waals surface area contributed by atoms with E-state index in [1.807, 2.05) is 25.7 Å². The van der Waals surface area contributed by atoms with Crippen molar-refractivity contribution in [1.82, 2.24) is 19.8 Å². The highest BCUT2D eigenvalue weighted by Gasteiger charge is 2.36. The van der Waals surface area contributed by atoms with Gasteiger partial charge in [0, 0.05) is 27.2 Å². The molecule has 0 aromatic rings. The Morgan fingerprint density at radius 2 is 1.43 bits per heavy atom. The van der Waals surface area contributed by atoms with Crippen molar-refractivity contribution in [2.45, 2.75) is 65.0 Å². The van der Waals surface area contributed by atoms with Crippen LogP contribution in [0.25, 0.3) is 0 Å². The molecule has 0 saturated carbocycles. The molecule has 28 heavy (non-hydrogen) atoms. The van der Waals surface area contributed by atoms with Gasteiger partial charge in [0.15, 0.2) is 0 Å². The normalized spacial score (nSPS) is 21.6. The van der Waals surface area contributed by atoms with Gasteiger partial charge in [0.1, 0.15) is 11.6 Å². The van der Waals surface area contributed by atoms with E-state index >= 15 is 0 Å². The van der Waals surface area contributed by atoms with E-state index in [1.54, 1.807) is 26.0 Å². The second-order valence-corrected chi connectivity index (χ2v) is 9.65. The van der Waals surface area contributed by atoms with Crippen LogP contribution in [0.1, 0.15) is 53.4 Å². The van der Waals surface area contributed by atoms with Gasteiger partial charge in [-0.2, -0.15) is 0 Å². The molecule has 162 valence electrons. The maximum Gasteiger partial charge on any atom is 0.425 e. The topological polar surface area (TPSA) is 56.3 Å². The zero-order valence-electron chi connectivity index (χ0n) is 18.9. The number of ether oxygens (including phenoxy) is 1. The number of nitrogens with zero attached hydrogens (tertiary/aromatic N) is 4. The van der Waals surface area contributed by atoms with Crippen LogP contribution in [-0.4, -0.2) is 90.8 Å². The van der Waals surface area contributed by atoms with Crippen LogP contribution in [0.3, 0.4) is 0 Å². The lowest BCUT2D eigenvalue weighted by Gasteiger charge is -2.41. The maximum atomic E-state index is 13.1. The minimum Gasteiger partial charge on any atom is -0.443 e. The van der Waals surface area contributed by atoms with Crippen LogP contribution in [0.2, 0.25) is 0 Å². The van der Waals surface area contributed by atoms with Crippen LogP contribution < -0.4 is 0 Å². The van der Waals surface area contributed by atoms with Gasteiger partial charge in [-0.1, -0.05) is 0 Å². The van der Waals surface area contributed by atoms with Crippen molar-refractivity contribution in [2.24, 2.45) is 11.8 Å². The molecule has 2 aliphatic rings. The summed E-state index contributed by atoms with van der Waals surface area (Å²) in [6, 6.07) is -0.579. The summed E-state index contributed by atoms with van der Waals surface area (Å²) < 4.78 is 5.50. The molecule has 2 amide bonds. The summed E-state index contributed by atoms with van der Waals surface area (Å²) in [6.45, 7) is 11.2. The number of hydrogen-bond acceptors (Lipinski definition) is 5. The molecule has 2 fully saturated rings. The molecule has 2 aliphatic heterocycles. The fourth-order valence-corrected chi connectivity index (χ4v) is 4.44. The van der Waals surface area contributed by atoms with Crippen molar-refractivity contribution in [2.75, 3.05) is 47.3 Å². The summed E-state index contributed by atoms with van der Waals surface area (Å²) in [5.41, 5.74) is -0.597. The van der Waals surface area contributed by atoms with Crippen molar-refractivity contribution < 1.29 is 14.3 Å². The first-order valence-corrected chi connectivity index (χ1v) is 10.7. The van der Waals surface area contributed by atoms with E-state index < -0.39 is 17.7 Å². The van der Waals surface area contributed by atoms with Crippen LogP contribution in [0.15, 0.2) is 0 Å². The van der Waals surface area contributed by atoms with Gasteiger partial charge in [0.05, 0.1) is 0 Å². The molecule has 0 unspecified atom stereocenters. The Bertz CT molecular complexity index is 530. The van der Waals surface area contributed by atoms with E-state index in [0.717, 1.165) is 37.8 Å². The number of hydrogen-bond donors (Lipinski definition) is 0. The average Bonchev–Trinajstić information content (AvgIpc) is 2.60. The summed E-state index contributed by atoms with van der Waals surface area (Å²) >= 11 is 0. The molecule has 7 heteroatoms. The standard InChI is InChI=1S/C21H40N4O3/c1-16(25(22(5)6)20(27)28-21(2,3)4)19(26)24-14-10-18(11-15-24)17-8-12-23(7)13-9-17/h16-18H,8-15H2,1-7H3/t16-/m1/s1. The number of carbonyl (C=O) groups excluding carboxylic acids is 2. The van der Waals surface area contributed by atoms with Crippen LogP contribution in [0.5, 0.6) is 0 Å². The summed E-state index contributed by atoms with van der Waals surface area (Å²) in [5.74, 6) is 1.52. The van der Waals surface area contributed by atoms with E-state index in [1.165, 1.54) is 30.9 Å². The van der Waals surface area contributed by atoms with E-state index in [9.17, 15) is 9.59 Å². The Morgan fingerprint density at radius 3 is 1.86 bits per heavy atom. The Balaban J connectivity index is 1.92. The number of carbonyl (C=O) groups is 2. The Hall–Kier alpha value is -1.34. The van der Waals surface area contributed by atoms with Gasteiger partial charge in [-0.05, 0) is 85.4 Å². The van der Waals surface area contributed by atoms with Gasteiger partial charge >= 0.3 is 6.09 Å². The lowest BCUT2D eigenvalue weighted by atomic mass is 9.79. The van der Waals surface area contributed by atoms with Crippen LogP contribution in [0.4, 0.5) is 4.79 Å². The van der Waals surface area contributed by atoms with Crippen molar-refractivity contribution in [3.05, 3.63) is 0 Å². The van der Waals surface area contributed by atoms with Crippen molar-refractivity contribution in [3.63, 3.8) is 0 Å². The molecular formula is C21H40N4O3. The monoisotopic (exact) mass is 396 g/mol. The minimum absolute atomic E-state index is 0.00128. The molecule has 2 rings (SSSR count). The highest BCUT2D eigenvalue weighted by molar-refractivity contribution is 5.85. The lowest BCUT2D eigenvalue weighted by Crippen LogP contribution is -2.56. The van der Waals surface area contributed by atoms with Gasteiger partial charge in [0.2, 0.25) is 5.91 Å². The fraction of sp³-hybridized carbons (Fsp3) is 0.905. The van der Waals surface area contributed by atoms with E-state index in [4.69, 9.17) is 4.74 Å². The average molecular weight is 397 g/mol. The number of likely N-dealkylation sites (tertiary alicyclic amines) is 2. The van der Waals surface area contributed by atoms with Gasteiger partial charge in [-0.15, -0.1) is 0 Å². The molecular weight excluding hydrogens is 356 g/mol. The van der Waals surface area contributed by atoms with Gasteiger partial charge in [-0.25, -0.2) is 14.8 Å². The smallest absolute Gasteiger partial charge is 0.425 e. The summed E-state index contributed by atoms with van der Waals surface area (Å²) in [6.07, 6.45) is 4.21. The largest absolute Gasteiger partial charge is 0.443 e. The van der Waals surface area contributed by atoms with E-state index in [-0.39, 0.29) is 5.91 Å². The third-order valence-electron chi connectivity index (χ3n) is 6.02. The van der Waals surface area contributed by atoms with Gasteiger partial charge in [0.25, 0.3) is 0 Å². The second-order valence-electron chi connectivity index (χ2n) is 9.65. The first-order chi connectivity index (χ1) is 13.0. The first-order valence-electron chi connectivity index (χ1n) is 10.7. The quantitative estimate of drug-likeness (QED) is 0.684. The maximum absolute atomic E-state index is 13.1. The molecule has 7 nitrogen and oxygen atoms in total. The third-order valence-corrected chi connectivity index (χ3v) is 6.02. The highest BCUT2D eigenvalue weighted by Crippen LogP contribution is 2.32. The fourth-order valence-electron chi connectivity index (χ4n) is 4.44. The molecule has 2 saturated heterocycles. The van der Waals surface area contributed by atoms with Crippen LogP contribution >= 0.6 is 0 Å². The van der Waals surface area contributed by atoms with Crippen molar-refractivity contribution >= 4 is 12.0 Å². The second kappa shape index (κ2) is 9.44. The number of rotatable bonds is 4. The van der Waals surface area contributed by atoms with E-state index in [2.05, 4.69) is 11.9 Å². The molecule has 0 N–H and O–H groups in total. The summed E-state index contributed by atoms with van der Waals surface area (Å²) in [5, 5.41) is 3.05. The van der Waals surface area contributed by atoms with Crippen molar-refractivity contribution in [1.29, 1.82) is 0 Å². The third kappa shape index (κ3) is 6.08. The zero-order valence-corrected chi connectivity index (χ0v) is 18.9. The SMILES string of the molecule is C[C@H](C(=O)N1CCC(C2CCN(C)CC2)CC1)N(C(=O)OC(C)(C)C)N(C)C. The summed E-state index contributed by atoms with van der Waals surface area (Å²) in [7, 11) is 5.72. The molecule has 0 aliphatic carbocycles. The first kappa shape index (κ1) is 22.9. The molecule has 1 atom stereocenters. The molecule has 0 aromatic carbocycles. The molecule has 2 heterocycles. The summed E-state index contributed by atoms with van der Waals surface area (Å²) in [4.78, 5) is 30.0. The lowest BCUT2D eigenvalue weighted by molar-refractivity contribution is -0.144. The zero-order chi connectivity index (χ0) is 21.1. The predicted octanol–water partition coefficient (Wildman–Crippen LogP) is 2.67. The Kier molecular flexibility index (Phi) is 7.73. The Morgan fingerprint density at radius 1 is 0.964 bits per heavy atom.